The molecule has 0 saturated carbocycles. The Morgan fingerprint density at radius 3 is 0.918 bits per heavy atom. The van der Waals surface area contributed by atoms with E-state index < -0.39 is 50.4 Å². The third kappa shape index (κ3) is 30.2. The van der Waals surface area contributed by atoms with E-state index in [4.69, 9.17) is 35.4 Å². The maximum absolute atomic E-state index is 12.4. The lowest BCUT2D eigenvalue weighted by molar-refractivity contribution is -0.134. The van der Waals surface area contributed by atoms with E-state index in [9.17, 15) is 56.7 Å². The molecule has 4 rings (SSSR count). The minimum Gasteiger partial charge on any atom is -0.481 e. The van der Waals surface area contributed by atoms with E-state index in [2.05, 4.69) is 27.6 Å². The van der Waals surface area contributed by atoms with Crippen molar-refractivity contribution >= 4 is 113 Å². The molecule has 0 aliphatic carbocycles. The smallest absolute Gasteiger partial charge is 0.332 e. The van der Waals surface area contributed by atoms with Crippen LogP contribution in [0.4, 0.5) is 26.6 Å². The number of anilines is 4. The zero-order chi connectivity index (χ0) is 47.9. The molecule has 0 heterocycles. The summed E-state index contributed by atoms with van der Waals surface area (Å²) in [5.41, 5.74) is 7.18. The molecule has 0 atom stereocenters. The molecule has 0 aliphatic rings. The quantitative estimate of drug-likeness (QED) is 0.0715. The van der Waals surface area contributed by atoms with Crippen LogP contribution in [0.25, 0.3) is 0 Å². The predicted octanol–water partition coefficient (Wildman–Crippen LogP) is 5.15. The maximum Gasteiger partial charge on any atom is 0.332 e. The zero-order valence-electron chi connectivity index (χ0n) is 32.2. The highest BCUT2D eigenvalue weighted by Crippen LogP contribution is 2.18. The first kappa shape index (κ1) is 57.6. The lowest BCUT2D eigenvalue weighted by atomic mass is 10.3. The van der Waals surface area contributed by atoms with Gasteiger partial charge in [0.2, 0.25) is 23.0 Å². The number of carbonyl (C=O) groups is 5. The monoisotopic (exact) mass is 976 g/mol. The first-order valence-electron chi connectivity index (χ1n) is 15.8. The molecule has 4 aromatic rings. The number of carboxylic acid groups (broad SMARTS) is 1. The van der Waals surface area contributed by atoms with Crippen LogP contribution >= 0.6 is 22.3 Å². The molecule has 0 saturated heterocycles. The highest BCUT2D eigenvalue weighted by molar-refractivity contribution is 8.13. The molecule has 0 fully saturated rings. The first-order valence-corrected chi connectivity index (χ1v) is 22.8. The molecule has 3 amide bonds. The largest absolute Gasteiger partial charge is 0.481 e. The molecule has 0 aliphatic heterocycles. The SMILES string of the molecule is CC(=O)Cl.CC(=O)Nc1ccc(S(=O)(=O)Cl)cc1.CC(=O)Nc1ccc(S(=O)(=O)F)cc1.CC(=O)Nc1ccc(S(=O)(=O)O)cc1.CC(=O)O.Nc1ccc(S(=O)(=O)O)cc1. The molecule has 0 bridgehead atoms. The van der Waals surface area contributed by atoms with Crippen molar-refractivity contribution in [1.82, 2.24) is 0 Å². The minimum atomic E-state index is -4.66. The van der Waals surface area contributed by atoms with Crippen molar-refractivity contribution in [2.24, 2.45) is 0 Å². The number of carboxylic acids is 1. The van der Waals surface area contributed by atoms with E-state index in [1.807, 2.05) is 0 Å². The van der Waals surface area contributed by atoms with Crippen molar-refractivity contribution in [3.05, 3.63) is 97.1 Å². The molecule has 61 heavy (non-hydrogen) atoms. The molecule has 0 aromatic heterocycles. The summed E-state index contributed by atoms with van der Waals surface area (Å²) >= 11 is 4.64. The fourth-order valence-corrected chi connectivity index (χ4v) is 5.55. The predicted molar refractivity (Wildman–Crippen MR) is 224 cm³/mol. The van der Waals surface area contributed by atoms with Crippen molar-refractivity contribution < 1.29 is 75.7 Å². The van der Waals surface area contributed by atoms with E-state index in [1.165, 1.54) is 113 Å². The standard InChI is InChI=1S/C8H8ClNO3S.C8H8FNO3S.C8H9NO4S.C6H7NO3S.C2H3ClO.C2H4O2/c2*1-6(11)10-7-2-4-8(5-3-7)14(9,12)13;1-6(10)9-7-2-4-8(5-3-7)14(11,12)13;7-5-1-3-6(4-2-5)11(8,9)10;2*1-2(3)4/h2*2-5H,1H3,(H,10,11);2-5H,1H3,(H,9,10)(H,11,12,13);1-4H,7H2,(H,8,9,10);1H3;1H3,(H,3,4). The Kier molecular flexibility index (Phi) is 25.1. The average Bonchev–Trinajstić information content (AvgIpc) is 3.07. The van der Waals surface area contributed by atoms with Crippen LogP contribution in [0.5, 0.6) is 0 Å². The van der Waals surface area contributed by atoms with Crippen LogP contribution in [0.15, 0.2) is 117 Å². The van der Waals surface area contributed by atoms with E-state index in [0.717, 1.165) is 19.1 Å². The summed E-state index contributed by atoms with van der Waals surface area (Å²) in [5, 5.41) is 14.5. The molecule has 4 aromatic carbocycles. The van der Waals surface area contributed by atoms with Gasteiger partial charge in [-0.3, -0.25) is 33.1 Å². The number of carbonyl (C=O) groups excluding carboxylic acids is 4. The molecule has 336 valence electrons. The topological polar surface area (TPSA) is 345 Å². The highest BCUT2D eigenvalue weighted by atomic mass is 35.7. The summed E-state index contributed by atoms with van der Waals surface area (Å²) in [6, 6.07) is 20.9. The van der Waals surface area contributed by atoms with Gasteiger partial charge in [-0.15, -0.1) is 3.89 Å². The molecule has 0 unspecified atom stereocenters. The molecule has 20 nitrogen and oxygen atoms in total. The molecular formula is C34H39Cl2FN4O16S4. The molecular weight excluding hydrogens is 939 g/mol. The van der Waals surface area contributed by atoms with Gasteiger partial charge in [-0.1, -0.05) is 0 Å². The first-order chi connectivity index (χ1) is 27.6. The Hall–Kier alpha value is -5.54. The van der Waals surface area contributed by atoms with Gasteiger partial charge < -0.3 is 26.8 Å². The van der Waals surface area contributed by atoms with Crippen molar-refractivity contribution in [1.29, 1.82) is 0 Å². The number of aliphatic carboxylic acids is 1. The molecule has 0 radical (unpaired) electrons. The van der Waals surface area contributed by atoms with Gasteiger partial charge in [-0.2, -0.15) is 25.3 Å². The number of nitrogen functional groups attached to an aromatic ring is 1. The highest BCUT2D eigenvalue weighted by Gasteiger charge is 2.12. The number of halogens is 3. The van der Waals surface area contributed by atoms with Gasteiger partial charge in [0.1, 0.15) is 0 Å². The Balaban J connectivity index is 0. The summed E-state index contributed by atoms with van der Waals surface area (Å²) < 4.78 is 114. The van der Waals surface area contributed by atoms with Gasteiger partial charge in [0.25, 0.3) is 35.3 Å². The van der Waals surface area contributed by atoms with Gasteiger partial charge in [-0.25, -0.2) is 8.42 Å². The van der Waals surface area contributed by atoms with Crippen LogP contribution in [0.1, 0.15) is 34.6 Å². The summed E-state index contributed by atoms with van der Waals surface area (Å²) in [6.45, 7) is 6.41. The number of rotatable bonds is 7. The second kappa shape index (κ2) is 26.6. The Bertz CT molecular complexity index is 2320. The van der Waals surface area contributed by atoms with Crippen LogP contribution in [0.2, 0.25) is 0 Å². The van der Waals surface area contributed by atoms with Crippen LogP contribution in [0, 0.1) is 0 Å². The minimum absolute atomic E-state index is 0.00766. The number of benzene rings is 4. The van der Waals surface area contributed by atoms with Crippen molar-refractivity contribution in [3.63, 3.8) is 0 Å². The average molecular weight is 978 g/mol. The van der Waals surface area contributed by atoms with Gasteiger partial charge >= 0.3 is 10.2 Å². The summed E-state index contributed by atoms with van der Waals surface area (Å²) in [7, 11) is -11.5. The number of hydrogen-bond acceptors (Lipinski definition) is 14. The molecule has 27 heteroatoms. The summed E-state index contributed by atoms with van der Waals surface area (Å²) in [6.07, 6.45) is 0. The normalized spacial score (nSPS) is 10.5. The number of nitrogens with one attached hydrogen (secondary N) is 3. The lowest BCUT2D eigenvalue weighted by Gasteiger charge is -2.01. The fourth-order valence-electron chi connectivity index (χ4n) is 3.36. The Morgan fingerprint density at radius 2 is 0.721 bits per heavy atom. The molecule has 8 N–H and O–H groups in total. The van der Waals surface area contributed by atoms with E-state index in [1.54, 1.807) is 0 Å². The third-order valence-electron chi connectivity index (χ3n) is 5.56. The number of amides is 3. The van der Waals surface area contributed by atoms with Gasteiger partial charge in [-0.05, 0) is 109 Å². The van der Waals surface area contributed by atoms with Crippen molar-refractivity contribution in [2.75, 3.05) is 21.7 Å². The van der Waals surface area contributed by atoms with Crippen LogP contribution in [0.3, 0.4) is 0 Å². The van der Waals surface area contributed by atoms with Crippen LogP contribution < -0.4 is 21.7 Å². The molecule has 0 spiro atoms. The Morgan fingerprint density at radius 1 is 0.508 bits per heavy atom. The number of nitrogens with two attached hydrogens (primary N) is 1. The fraction of sp³-hybridized carbons (Fsp3) is 0.147. The second-order valence-electron chi connectivity index (χ2n) is 11.0. The third-order valence-corrected chi connectivity index (χ3v) is 9.50. The van der Waals surface area contributed by atoms with Crippen LogP contribution in [-0.4, -0.2) is 76.8 Å². The second-order valence-corrected chi connectivity index (χ2v) is 18.3. The van der Waals surface area contributed by atoms with E-state index >= 15 is 0 Å². The van der Waals surface area contributed by atoms with E-state index in [-0.39, 0.29) is 37.7 Å². The van der Waals surface area contributed by atoms with Crippen LogP contribution in [-0.2, 0) is 63.5 Å². The van der Waals surface area contributed by atoms with Crippen molar-refractivity contribution in [2.45, 2.75) is 54.2 Å². The summed E-state index contributed by atoms with van der Waals surface area (Å²) in [5.74, 6) is -1.57. The van der Waals surface area contributed by atoms with Crippen molar-refractivity contribution in [3.8, 4) is 0 Å². The van der Waals surface area contributed by atoms with Gasteiger partial charge in [0.05, 0.1) is 19.6 Å². The summed E-state index contributed by atoms with van der Waals surface area (Å²) in [4.78, 5) is 49.3. The van der Waals surface area contributed by atoms with Gasteiger partial charge in [0, 0.05) is 68.1 Å². The maximum atomic E-state index is 12.4. The number of hydrogen-bond donors (Lipinski definition) is 7. The van der Waals surface area contributed by atoms with E-state index in [0.29, 0.717) is 22.7 Å². The zero-order valence-corrected chi connectivity index (χ0v) is 37.0. The lowest BCUT2D eigenvalue weighted by Crippen LogP contribution is -2.06. The van der Waals surface area contributed by atoms with Gasteiger partial charge in [0.15, 0.2) is 0 Å². The Labute approximate surface area is 360 Å².